The molecule has 1 heterocycles. The molecule has 2 N–H and O–H groups in total. The van der Waals surface area contributed by atoms with E-state index < -0.39 is 0 Å². The van der Waals surface area contributed by atoms with Crippen LogP contribution in [0.1, 0.15) is 0 Å². The van der Waals surface area contributed by atoms with Gasteiger partial charge in [0.15, 0.2) is 0 Å². The molecule has 16 heavy (non-hydrogen) atoms. The number of benzene rings is 1. The zero-order chi connectivity index (χ0) is 11.5. The fourth-order valence-electron chi connectivity index (χ4n) is 1.49. The molecule has 4 nitrogen and oxygen atoms in total. The standard InChI is InChI=1S/C11H13FN4/c1-13-10-7-11(14-2)16(15-10)9-5-3-4-8(12)6-9/h3-7,14H,1-2H3,(H,13,15). The van der Waals surface area contributed by atoms with Gasteiger partial charge in [0.25, 0.3) is 0 Å². The molecule has 1 aromatic carbocycles. The van der Waals surface area contributed by atoms with Crippen LogP contribution in [0.4, 0.5) is 16.0 Å². The first kappa shape index (κ1) is 10.5. The van der Waals surface area contributed by atoms with E-state index >= 15 is 0 Å². The molecule has 0 saturated heterocycles. The highest BCUT2D eigenvalue weighted by Gasteiger charge is 2.07. The molecule has 2 aromatic rings. The molecular weight excluding hydrogens is 207 g/mol. The summed E-state index contributed by atoms with van der Waals surface area (Å²) in [7, 11) is 3.59. The maximum absolute atomic E-state index is 13.1. The SMILES string of the molecule is CNc1cc(NC)n(-c2cccc(F)c2)n1. The molecule has 0 atom stereocenters. The summed E-state index contributed by atoms with van der Waals surface area (Å²) in [6.45, 7) is 0. The second kappa shape index (κ2) is 4.22. The van der Waals surface area contributed by atoms with E-state index in [-0.39, 0.29) is 5.82 Å². The lowest BCUT2D eigenvalue weighted by atomic mass is 10.3. The summed E-state index contributed by atoms with van der Waals surface area (Å²) < 4.78 is 14.7. The first-order valence-electron chi connectivity index (χ1n) is 4.96. The van der Waals surface area contributed by atoms with Crippen LogP contribution in [-0.2, 0) is 0 Å². The topological polar surface area (TPSA) is 41.9 Å². The molecule has 0 amide bonds. The Morgan fingerprint density at radius 3 is 2.62 bits per heavy atom. The molecule has 0 spiro atoms. The molecule has 0 unspecified atom stereocenters. The molecule has 84 valence electrons. The van der Waals surface area contributed by atoms with Crippen LogP contribution < -0.4 is 10.6 Å². The Morgan fingerprint density at radius 1 is 1.19 bits per heavy atom. The van der Waals surface area contributed by atoms with Gasteiger partial charge in [-0.2, -0.15) is 0 Å². The third-order valence-corrected chi connectivity index (χ3v) is 2.27. The average molecular weight is 220 g/mol. The van der Waals surface area contributed by atoms with Gasteiger partial charge in [-0.25, -0.2) is 9.07 Å². The molecule has 2 rings (SSSR count). The lowest BCUT2D eigenvalue weighted by Gasteiger charge is -2.05. The van der Waals surface area contributed by atoms with Crippen LogP contribution in [0.15, 0.2) is 30.3 Å². The van der Waals surface area contributed by atoms with E-state index in [1.54, 1.807) is 30.9 Å². The van der Waals surface area contributed by atoms with Crippen LogP contribution in [0, 0.1) is 5.82 Å². The lowest BCUT2D eigenvalue weighted by molar-refractivity contribution is 0.625. The molecule has 1 aromatic heterocycles. The normalized spacial score (nSPS) is 10.2. The summed E-state index contributed by atoms with van der Waals surface area (Å²) >= 11 is 0. The Bertz CT molecular complexity index is 492. The summed E-state index contributed by atoms with van der Waals surface area (Å²) in [4.78, 5) is 0. The van der Waals surface area contributed by atoms with E-state index in [2.05, 4.69) is 15.7 Å². The molecule has 0 aliphatic heterocycles. The largest absolute Gasteiger partial charge is 0.373 e. The summed E-state index contributed by atoms with van der Waals surface area (Å²) in [5.41, 5.74) is 0.686. The van der Waals surface area contributed by atoms with Crippen LogP contribution in [-0.4, -0.2) is 23.9 Å². The van der Waals surface area contributed by atoms with Gasteiger partial charge in [0, 0.05) is 20.2 Å². The number of anilines is 2. The van der Waals surface area contributed by atoms with E-state index in [0.717, 1.165) is 11.6 Å². The fraction of sp³-hybridized carbons (Fsp3) is 0.182. The van der Waals surface area contributed by atoms with Gasteiger partial charge in [-0.05, 0) is 18.2 Å². The number of hydrogen-bond donors (Lipinski definition) is 2. The van der Waals surface area contributed by atoms with E-state index in [0.29, 0.717) is 5.69 Å². The summed E-state index contributed by atoms with van der Waals surface area (Å²) in [5.74, 6) is 1.25. The third kappa shape index (κ3) is 1.84. The van der Waals surface area contributed by atoms with E-state index in [4.69, 9.17) is 0 Å². The Morgan fingerprint density at radius 2 is 2.00 bits per heavy atom. The van der Waals surface area contributed by atoms with Crippen molar-refractivity contribution < 1.29 is 4.39 Å². The zero-order valence-electron chi connectivity index (χ0n) is 9.16. The summed E-state index contributed by atoms with van der Waals surface area (Å²) in [6, 6.07) is 8.16. The van der Waals surface area contributed by atoms with Crippen molar-refractivity contribution in [1.82, 2.24) is 9.78 Å². The number of halogens is 1. The quantitative estimate of drug-likeness (QED) is 0.832. The molecule has 0 fully saturated rings. The minimum Gasteiger partial charge on any atom is -0.373 e. The predicted octanol–water partition coefficient (Wildman–Crippen LogP) is 2.09. The third-order valence-electron chi connectivity index (χ3n) is 2.27. The van der Waals surface area contributed by atoms with Crippen molar-refractivity contribution in [2.45, 2.75) is 0 Å². The second-order valence-corrected chi connectivity index (χ2v) is 3.31. The number of rotatable bonds is 3. The van der Waals surface area contributed by atoms with Gasteiger partial charge in [-0.15, -0.1) is 5.10 Å². The van der Waals surface area contributed by atoms with Crippen molar-refractivity contribution in [2.24, 2.45) is 0 Å². The molecule has 0 aliphatic rings. The molecule has 0 aliphatic carbocycles. The van der Waals surface area contributed by atoms with E-state index in [1.165, 1.54) is 12.1 Å². The van der Waals surface area contributed by atoms with Crippen molar-refractivity contribution in [1.29, 1.82) is 0 Å². The van der Waals surface area contributed by atoms with Gasteiger partial charge in [-0.3, -0.25) is 0 Å². The van der Waals surface area contributed by atoms with Gasteiger partial charge >= 0.3 is 0 Å². The number of nitrogens with zero attached hydrogens (tertiary/aromatic N) is 2. The smallest absolute Gasteiger partial charge is 0.150 e. The van der Waals surface area contributed by atoms with Crippen molar-refractivity contribution in [3.8, 4) is 5.69 Å². The first-order valence-corrected chi connectivity index (χ1v) is 4.96. The maximum Gasteiger partial charge on any atom is 0.150 e. The fourth-order valence-corrected chi connectivity index (χ4v) is 1.49. The van der Waals surface area contributed by atoms with Crippen LogP contribution >= 0.6 is 0 Å². The Hall–Kier alpha value is -2.04. The average Bonchev–Trinajstić information content (AvgIpc) is 2.72. The Balaban J connectivity index is 2.50. The van der Waals surface area contributed by atoms with Crippen molar-refractivity contribution >= 4 is 11.6 Å². The van der Waals surface area contributed by atoms with Gasteiger partial charge < -0.3 is 10.6 Å². The Labute approximate surface area is 93.1 Å². The number of hydrogen-bond acceptors (Lipinski definition) is 3. The predicted molar refractivity (Wildman–Crippen MR) is 62.6 cm³/mol. The highest BCUT2D eigenvalue weighted by molar-refractivity contribution is 5.53. The minimum atomic E-state index is -0.277. The zero-order valence-corrected chi connectivity index (χ0v) is 9.16. The van der Waals surface area contributed by atoms with Crippen LogP contribution in [0.3, 0.4) is 0 Å². The van der Waals surface area contributed by atoms with E-state index in [9.17, 15) is 4.39 Å². The van der Waals surface area contributed by atoms with Gasteiger partial charge in [0.1, 0.15) is 17.5 Å². The van der Waals surface area contributed by atoms with Gasteiger partial charge in [-0.1, -0.05) is 6.07 Å². The monoisotopic (exact) mass is 220 g/mol. The van der Waals surface area contributed by atoms with Gasteiger partial charge in [0.2, 0.25) is 0 Å². The second-order valence-electron chi connectivity index (χ2n) is 3.31. The molecule has 0 saturated carbocycles. The molecule has 0 bridgehead atoms. The molecule has 5 heteroatoms. The van der Waals surface area contributed by atoms with E-state index in [1.807, 2.05) is 6.07 Å². The van der Waals surface area contributed by atoms with Crippen molar-refractivity contribution in [3.63, 3.8) is 0 Å². The number of aromatic nitrogens is 2. The van der Waals surface area contributed by atoms with Crippen LogP contribution in [0.5, 0.6) is 0 Å². The summed E-state index contributed by atoms with van der Waals surface area (Å²) in [6.07, 6.45) is 0. The highest BCUT2D eigenvalue weighted by Crippen LogP contribution is 2.19. The van der Waals surface area contributed by atoms with Crippen molar-refractivity contribution in [3.05, 3.63) is 36.1 Å². The molecular formula is C11H13FN4. The maximum atomic E-state index is 13.1. The first-order chi connectivity index (χ1) is 7.74. The van der Waals surface area contributed by atoms with Gasteiger partial charge in [0.05, 0.1) is 5.69 Å². The summed E-state index contributed by atoms with van der Waals surface area (Å²) in [5, 5.41) is 10.2. The van der Waals surface area contributed by atoms with Crippen LogP contribution in [0.25, 0.3) is 5.69 Å². The lowest BCUT2D eigenvalue weighted by Crippen LogP contribution is -2.02. The van der Waals surface area contributed by atoms with Crippen molar-refractivity contribution in [2.75, 3.05) is 24.7 Å². The minimum absolute atomic E-state index is 0.277. The highest BCUT2D eigenvalue weighted by atomic mass is 19.1. The number of nitrogens with one attached hydrogen (secondary N) is 2. The van der Waals surface area contributed by atoms with Crippen LogP contribution in [0.2, 0.25) is 0 Å². The molecule has 0 radical (unpaired) electrons. The Kier molecular flexibility index (Phi) is 2.76.